The van der Waals surface area contributed by atoms with Crippen LogP contribution < -0.4 is 5.32 Å². The second kappa shape index (κ2) is 43.4. The number of likely N-dealkylation sites (tertiary alicyclic amines) is 1. The Bertz CT molecular complexity index is 1350. The largest absolute Gasteiger partial charge is 0.466 e. The van der Waals surface area contributed by atoms with Crippen molar-refractivity contribution in [2.45, 2.75) is 267 Å². The van der Waals surface area contributed by atoms with Crippen molar-refractivity contribution in [1.29, 1.82) is 0 Å². The zero-order chi connectivity index (χ0) is 52.4. The second-order valence-electron chi connectivity index (χ2n) is 23.6. The summed E-state index contributed by atoms with van der Waals surface area (Å²) in [4.78, 5) is 27.6. The lowest BCUT2D eigenvalue weighted by molar-refractivity contribution is -0.145. The minimum Gasteiger partial charge on any atom is -0.466 e. The first kappa shape index (κ1) is 66.4. The van der Waals surface area contributed by atoms with Crippen LogP contribution >= 0.6 is 0 Å². The standard InChI is InChI=1S/C64H119N2O6/c1-9-12-13-14-15-16-17-18-19-20-21-22-23-24-25-31-50-70-55-59(54-66-47-29-27-30-48-66)71-53-52-69-49-32-26-28-46-65-61(67)41-42-62(68)72-51-35-44-63(7,11-3)43-34-45-64(8)58(36-10-2)39-40-60(64)57(6)38-33-37-56(4)5/h15-16,18-19,36,56-60H,9-14,17,20-35,37-55H2,1-8H3,(H,65,67)/b16-15-,19-18-/t57-,58?,59?,60-,63+,64+/m1/s1. The molecule has 1 saturated heterocycles. The molecule has 2 fully saturated rings. The van der Waals surface area contributed by atoms with Gasteiger partial charge < -0.3 is 29.2 Å². The summed E-state index contributed by atoms with van der Waals surface area (Å²) in [5.41, 5.74) is 0.671. The molecular weight excluding hydrogens is 893 g/mol. The number of carbonyl (C=O) groups excluding carboxylic acids is 2. The topological polar surface area (TPSA) is 86.3 Å². The average Bonchev–Trinajstić information content (AvgIpc) is 3.69. The van der Waals surface area contributed by atoms with Crippen molar-refractivity contribution in [3.8, 4) is 0 Å². The Kier molecular flexibility index (Phi) is 40.0. The number of unbranched alkanes of at least 4 members (excludes halogenated alkanes) is 11. The van der Waals surface area contributed by atoms with Crippen molar-refractivity contribution in [3.63, 3.8) is 0 Å². The lowest BCUT2D eigenvalue weighted by atomic mass is 9.64. The highest BCUT2D eigenvalue weighted by atomic mass is 16.6. The van der Waals surface area contributed by atoms with E-state index in [0.29, 0.717) is 45.0 Å². The number of piperidine rings is 1. The number of esters is 1. The molecule has 2 unspecified atom stereocenters. The van der Waals surface area contributed by atoms with E-state index in [2.05, 4.69) is 96.3 Å². The Labute approximate surface area is 446 Å². The van der Waals surface area contributed by atoms with Crippen LogP contribution in [0, 0.1) is 40.9 Å². The van der Waals surface area contributed by atoms with Crippen molar-refractivity contribution < 1.29 is 28.5 Å². The van der Waals surface area contributed by atoms with E-state index in [9.17, 15) is 9.59 Å². The highest BCUT2D eigenvalue weighted by molar-refractivity contribution is 5.81. The molecule has 1 radical (unpaired) electrons. The first-order chi connectivity index (χ1) is 35.0. The Morgan fingerprint density at radius 1 is 0.708 bits per heavy atom. The number of hydrogen-bond acceptors (Lipinski definition) is 7. The Hall–Kier alpha value is -1.74. The number of allylic oxidation sites excluding steroid dienone is 4. The van der Waals surface area contributed by atoms with Crippen molar-refractivity contribution in [2.75, 3.05) is 65.8 Å². The maximum absolute atomic E-state index is 12.5. The fraction of sp³-hybridized carbons (Fsp3) is 0.891. The number of rotatable bonds is 48. The summed E-state index contributed by atoms with van der Waals surface area (Å²) in [6.07, 6.45) is 49.1. The number of ether oxygens (including phenoxy) is 4. The minimum absolute atomic E-state index is 0.0783. The molecule has 421 valence electrons. The quantitative estimate of drug-likeness (QED) is 0.0369. The first-order valence-corrected chi connectivity index (χ1v) is 31.0. The monoisotopic (exact) mass is 1010 g/mol. The van der Waals surface area contributed by atoms with Crippen molar-refractivity contribution >= 4 is 11.9 Å². The van der Waals surface area contributed by atoms with E-state index >= 15 is 0 Å². The molecule has 1 aliphatic heterocycles. The molecule has 0 aromatic heterocycles. The lowest BCUT2D eigenvalue weighted by Gasteiger charge is -2.41. The van der Waals surface area contributed by atoms with Gasteiger partial charge in [-0.25, -0.2) is 0 Å². The molecule has 72 heavy (non-hydrogen) atoms. The molecule has 0 spiro atoms. The number of carbonyl (C=O) groups is 2. The van der Waals surface area contributed by atoms with Gasteiger partial charge in [-0.3, -0.25) is 9.59 Å². The van der Waals surface area contributed by atoms with Crippen LogP contribution in [0.2, 0.25) is 0 Å². The van der Waals surface area contributed by atoms with Gasteiger partial charge in [-0.2, -0.15) is 0 Å². The van der Waals surface area contributed by atoms with E-state index in [1.54, 1.807) is 0 Å². The van der Waals surface area contributed by atoms with Crippen LogP contribution in [0.25, 0.3) is 0 Å². The van der Waals surface area contributed by atoms with E-state index in [-0.39, 0.29) is 36.2 Å². The molecule has 8 heteroatoms. The number of amides is 1. The van der Waals surface area contributed by atoms with Gasteiger partial charge in [0.2, 0.25) is 5.91 Å². The number of nitrogens with one attached hydrogen (secondary N) is 1. The SMILES string of the molecule is CC[CH]C1CC[C@H]([C@H](C)CCCC(C)C)[C@@]1(C)CCC[C@](C)(CC)CCCOC(=O)CCC(=O)NCCCCCOCCOC(COCCCCCCCC/C=C\C/C=C\CCCCC)CN1CCCCC1. The Balaban J connectivity index is 1.50. The van der Waals surface area contributed by atoms with Gasteiger partial charge in [0, 0.05) is 32.7 Å². The van der Waals surface area contributed by atoms with E-state index in [4.69, 9.17) is 18.9 Å². The van der Waals surface area contributed by atoms with E-state index in [0.717, 1.165) is 101 Å². The van der Waals surface area contributed by atoms with E-state index < -0.39 is 0 Å². The molecule has 0 bridgehead atoms. The van der Waals surface area contributed by atoms with Gasteiger partial charge in [-0.05, 0) is 163 Å². The normalized spacial score (nSPS) is 20.5. The van der Waals surface area contributed by atoms with Gasteiger partial charge in [0.1, 0.15) is 0 Å². The molecule has 1 N–H and O–H groups in total. The fourth-order valence-electron chi connectivity index (χ4n) is 11.9. The summed E-state index contributed by atoms with van der Waals surface area (Å²) in [5.74, 6) is 2.83. The average molecular weight is 1010 g/mol. The van der Waals surface area contributed by atoms with Crippen LogP contribution in [0.5, 0.6) is 0 Å². The summed E-state index contributed by atoms with van der Waals surface area (Å²) in [6.45, 7) is 26.9. The zero-order valence-corrected chi connectivity index (χ0v) is 48.9. The summed E-state index contributed by atoms with van der Waals surface area (Å²) < 4.78 is 24.0. The van der Waals surface area contributed by atoms with Crippen molar-refractivity contribution in [3.05, 3.63) is 30.7 Å². The van der Waals surface area contributed by atoms with Crippen molar-refractivity contribution in [1.82, 2.24) is 10.2 Å². The molecule has 1 aliphatic carbocycles. The summed E-state index contributed by atoms with van der Waals surface area (Å²) >= 11 is 0. The highest BCUT2D eigenvalue weighted by Crippen LogP contribution is 2.56. The van der Waals surface area contributed by atoms with Gasteiger partial charge >= 0.3 is 5.97 Å². The zero-order valence-electron chi connectivity index (χ0n) is 48.9. The predicted octanol–water partition coefficient (Wildman–Crippen LogP) is 16.8. The third-order valence-electron chi connectivity index (χ3n) is 16.8. The summed E-state index contributed by atoms with van der Waals surface area (Å²) in [7, 11) is 0. The number of nitrogens with zero attached hydrogens (tertiary/aromatic N) is 1. The highest BCUT2D eigenvalue weighted by Gasteiger charge is 2.47. The maximum Gasteiger partial charge on any atom is 0.306 e. The second-order valence-corrected chi connectivity index (χ2v) is 23.6. The lowest BCUT2D eigenvalue weighted by Crippen LogP contribution is -2.40. The summed E-state index contributed by atoms with van der Waals surface area (Å²) in [6, 6.07) is 0. The molecule has 2 rings (SSSR count). The van der Waals surface area contributed by atoms with Crippen LogP contribution in [-0.2, 0) is 28.5 Å². The molecule has 0 aromatic carbocycles. The van der Waals surface area contributed by atoms with E-state index in [1.807, 2.05) is 0 Å². The van der Waals surface area contributed by atoms with Gasteiger partial charge in [-0.1, -0.05) is 163 Å². The van der Waals surface area contributed by atoms with Crippen LogP contribution in [-0.4, -0.2) is 88.7 Å². The molecule has 8 nitrogen and oxygen atoms in total. The molecule has 2 aliphatic rings. The van der Waals surface area contributed by atoms with Crippen LogP contribution in [0.1, 0.15) is 261 Å². The molecule has 0 aromatic rings. The Morgan fingerprint density at radius 3 is 2.10 bits per heavy atom. The first-order valence-electron chi connectivity index (χ1n) is 31.0. The third-order valence-corrected chi connectivity index (χ3v) is 16.8. The van der Waals surface area contributed by atoms with Gasteiger partial charge in [0.05, 0.1) is 39.0 Å². The third kappa shape index (κ3) is 32.6. The van der Waals surface area contributed by atoms with Gasteiger partial charge in [0.15, 0.2) is 0 Å². The molecule has 1 saturated carbocycles. The predicted molar refractivity (Wildman–Crippen MR) is 306 cm³/mol. The smallest absolute Gasteiger partial charge is 0.306 e. The fourth-order valence-corrected chi connectivity index (χ4v) is 11.9. The molecular formula is C64H119N2O6. The van der Waals surface area contributed by atoms with Crippen LogP contribution in [0.3, 0.4) is 0 Å². The maximum atomic E-state index is 12.5. The number of hydrogen-bond donors (Lipinski definition) is 1. The molecule has 1 amide bonds. The summed E-state index contributed by atoms with van der Waals surface area (Å²) in [5, 5.41) is 2.99. The van der Waals surface area contributed by atoms with E-state index in [1.165, 1.54) is 141 Å². The van der Waals surface area contributed by atoms with Crippen LogP contribution in [0.4, 0.5) is 0 Å². The van der Waals surface area contributed by atoms with Crippen LogP contribution in [0.15, 0.2) is 24.3 Å². The Morgan fingerprint density at radius 2 is 1.39 bits per heavy atom. The minimum atomic E-state index is -0.265. The molecule has 1 heterocycles. The van der Waals surface area contributed by atoms with Gasteiger partial charge in [-0.15, -0.1) is 0 Å². The van der Waals surface area contributed by atoms with Gasteiger partial charge in [0.25, 0.3) is 0 Å². The van der Waals surface area contributed by atoms with Crippen molar-refractivity contribution in [2.24, 2.45) is 34.5 Å². The molecule has 6 atom stereocenters.